The standard InChI is InChI=1S/C21H24FN5O3S/c22-16-5-3-15(4-6-16)19-23-17(13-30-19)14-31-21-25-24-20(26-7-10-28-11-8-26)27(21)12-18-2-1-9-29-18/h3-6,13,18H,1-2,7-12,14H2/t18-/m0/s1. The SMILES string of the molecule is Fc1ccc(-c2nc(CSc3nnc(N4CCOCC4)n3C[C@@H]3CCCO3)co2)cc1. The number of anilines is 1. The van der Waals surface area contributed by atoms with Crippen LogP contribution in [0.1, 0.15) is 18.5 Å². The lowest BCUT2D eigenvalue weighted by atomic mass is 10.2. The van der Waals surface area contributed by atoms with Crippen molar-refractivity contribution in [1.82, 2.24) is 19.7 Å². The molecule has 2 saturated heterocycles. The number of thioether (sulfide) groups is 1. The Balaban J connectivity index is 1.31. The van der Waals surface area contributed by atoms with Gasteiger partial charge in [0.05, 0.1) is 31.6 Å². The fraction of sp³-hybridized carbons (Fsp3) is 0.476. The summed E-state index contributed by atoms with van der Waals surface area (Å²) in [7, 11) is 0. The van der Waals surface area contributed by atoms with Gasteiger partial charge in [-0.1, -0.05) is 11.8 Å². The summed E-state index contributed by atoms with van der Waals surface area (Å²) in [5, 5.41) is 9.78. The normalized spacial score (nSPS) is 19.3. The van der Waals surface area contributed by atoms with Crippen molar-refractivity contribution in [3.05, 3.63) is 42.0 Å². The Bertz CT molecular complexity index is 997. The lowest BCUT2D eigenvalue weighted by Crippen LogP contribution is -2.38. The van der Waals surface area contributed by atoms with Gasteiger partial charge >= 0.3 is 0 Å². The molecule has 31 heavy (non-hydrogen) atoms. The summed E-state index contributed by atoms with van der Waals surface area (Å²) in [6, 6.07) is 6.11. The van der Waals surface area contributed by atoms with Crippen LogP contribution in [0.2, 0.25) is 0 Å². The molecule has 3 aromatic rings. The Morgan fingerprint density at radius 2 is 1.94 bits per heavy atom. The van der Waals surface area contributed by atoms with E-state index in [2.05, 4.69) is 24.6 Å². The van der Waals surface area contributed by atoms with Crippen molar-refractivity contribution >= 4 is 17.7 Å². The summed E-state index contributed by atoms with van der Waals surface area (Å²) in [4.78, 5) is 6.76. The molecule has 8 nitrogen and oxygen atoms in total. The molecule has 0 N–H and O–H groups in total. The molecule has 1 atom stereocenters. The van der Waals surface area contributed by atoms with E-state index in [4.69, 9.17) is 13.9 Å². The number of aromatic nitrogens is 4. The van der Waals surface area contributed by atoms with Crippen molar-refractivity contribution in [3.8, 4) is 11.5 Å². The van der Waals surface area contributed by atoms with Crippen LogP contribution in [0.4, 0.5) is 10.3 Å². The third-order valence-electron chi connectivity index (χ3n) is 5.39. The maximum atomic E-state index is 13.1. The van der Waals surface area contributed by atoms with Crippen molar-refractivity contribution in [1.29, 1.82) is 0 Å². The highest BCUT2D eigenvalue weighted by atomic mass is 32.2. The molecule has 4 heterocycles. The number of nitrogens with zero attached hydrogens (tertiary/aromatic N) is 5. The molecule has 2 aliphatic rings. The molecule has 2 aliphatic heterocycles. The molecule has 0 bridgehead atoms. The summed E-state index contributed by atoms with van der Waals surface area (Å²) < 4.78 is 32.2. The van der Waals surface area contributed by atoms with Gasteiger partial charge in [-0.05, 0) is 37.1 Å². The Morgan fingerprint density at radius 3 is 2.71 bits per heavy atom. The second-order valence-electron chi connectivity index (χ2n) is 7.57. The molecule has 0 radical (unpaired) electrons. The first-order valence-corrected chi connectivity index (χ1v) is 11.5. The van der Waals surface area contributed by atoms with Gasteiger partial charge in [0, 0.05) is 31.0 Å². The van der Waals surface area contributed by atoms with Crippen LogP contribution >= 0.6 is 11.8 Å². The first-order chi connectivity index (χ1) is 15.3. The number of oxazole rings is 1. The lowest BCUT2D eigenvalue weighted by Gasteiger charge is -2.28. The van der Waals surface area contributed by atoms with Gasteiger partial charge < -0.3 is 18.8 Å². The Labute approximate surface area is 183 Å². The van der Waals surface area contributed by atoms with Crippen molar-refractivity contribution in [2.24, 2.45) is 0 Å². The number of hydrogen-bond donors (Lipinski definition) is 0. The van der Waals surface area contributed by atoms with Crippen molar-refractivity contribution in [2.75, 3.05) is 37.8 Å². The van der Waals surface area contributed by atoms with Crippen LogP contribution in [0.5, 0.6) is 0 Å². The van der Waals surface area contributed by atoms with E-state index in [9.17, 15) is 4.39 Å². The minimum Gasteiger partial charge on any atom is -0.444 e. The molecule has 2 aromatic heterocycles. The minimum absolute atomic E-state index is 0.187. The molecule has 5 rings (SSSR count). The zero-order chi connectivity index (χ0) is 21.0. The first kappa shape index (κ1) is 20.5. The number of benzene rings is 1. The monoisotopic (exact) mass is 445 g/mol. The minimum atomic E-state index is -0.285. The van der Waals surface area contributed by atoms with Gasteiger partial charge in [-0.3, -0.25) is 4.57 Å². The zero-order valence-electron chi connectivity index (χ0n) is 17.1. The average molecular weight is 446 g/mol. The van der Waals surface area contributed by atoms with E-state index in [1.54, 1.807) is 30.2 Å². The maximum absolute atomic E-state index is 13.1. The van der Waals surface area contributed by atoms with E-state index in [1.807, 2.05) is 0 Å². The van der Waals surface area contributed by atoms with E-state index >= 15 is 0 Å². The largest absolute Gasteiger partial charge is 0.444 e. The molecule has 0 aliphatic carbocycles. The van der Waals surface area contributed by atoms with Crippen LogP contribution in [0.25, 0.3) is 11.5 Å². The fourth-order valence-corrected chi connectivity index (χ4v) is 4.59. The smallest absolute Gasteiger partial charge is 0.228 e. The van der Waals surface area contributed by atoms with E-state index in [-0.39, 0.29) is 11.9 Å². The Hall–Kier alpha value is -2.43. The highest BCUT2D eigenvalue weighted by Gasteiger charge is 2.25. The van der Waals surface area contributed by atoms with Crippen molar-refractivity contribution in [3.63, 3.8) is 0 Å². The van der Waals surface area contributed by atoms with Crippen LogP contribution in [-0.4, -0.2) is 58.8 Å². The zero-order valence-corrected chi connectivity index (χ0v) is 17.9. The number of halogens is 1. The maximum Gasteiger partial charge on any atom is 0.228 e. The molecule has 164 valence electrons. The molecule has 0 spiro atoms. The predicted molar refractivity (Wildman–Crippen MR) is 113 cm³/mol. The molecule has 0 saturated carbocycles. The van der Waals surface area contributed by atoms with Gasteiger partial charge in [-0.15, -0.1) is 10.2 Å². The van der Waals surface area contributed by atoms with Crippen molar-refractivity contribution < 1.29 is 18.3 Å². The molecule has 0 unspecified atom stereocenters. The molecule has 0 amide bonds. The second kappa shape index (κ2) is 9.37. The summed E-state index contributed by atoms with van der Waals surface area (Å²) in [5.74, 6) is 1.66. The van der Waals surface area contributed by atoms with Gasteiger partial charge in [0.15, 0.2) is 5.16 Å². The van der Waals surface area contributed by atoms with Gasteiger partial charge in [0.2, 0.25) is 11.8 Å². The lowest BCUT2D eigenvalue weighted by molar-refractivity contribution is 0.0942. The molecular formula is C21H24FN5O3S. The quantitative estimate of drug-likeness (QED) is 0.512. The fourth-order valence-electron chi connectivity index (χ4n) is 3.77. The molecule has 10 heteroatoms. The third-order valence-corrected chi connectivity index (χ3v) is 6.39. The summed E-state index contributed by atoms with van der Waals surface area (Å²) in [6.07, 6.45) is 3.96. The second-order valence-corrected chi connectivity index (χ2v) is 8.51. The third kappa shape index (κ3) is 4.76. The van der Waals surface area contributed by atoms with Crippen LogP contribution in [0.15, 0.2) is 40.1 Å². The average Bonchev–Trinajstić information content (AvgIpc) is 3.56. The predicted octanol–water partition coefficient (Wildman–Crippen LogP) is 3.38. The molecule has 1 aromatic carbocycles. The van der Waals surface area contributed by atoms with Crippen LogP contribution in [0, 0.1) is 5.82 Å². The highest BCUT2D eigenvalue weighted by molar-refractivity contribution is 7.98. The van der Waals surface area contributed by atoms with E-state index in [1.165, 1.54) is 12.1 Å². The first-order valence-electron chi connectivity index (χ1n) is 10.5. The van der Waals surface area contributed by atoms with Gasteiger partial charge in [-0.2, -0.15) is 0 Å². The van der Waals surface area contributed by atoms with E-state index in [0.717, 1.165) is 61.4 Å². The number of morpholine rings is 1. The van der Waals surface area contributed by atoms with Gasteiger partial charge in [0.25, 0.3) is 0 Å². The van der Waals surface area contributed by atoms with E-state index < -0.39 is 0 Å². The topological polar surface area (TPSA) is 78.4 Å². The van der Waals surface area contributed by atoms with Crippen LogP contribution in [0.3, 0.4) is 0 Å². The Kier molecular flexibility index (Phi) is 6.19. The van der Waals surface area contributed by atoms with Gasteiger partial charge in [0.1, 0.15) is 12.1 Å². The van der Waals surface area contributed by atoms with Crippen molar-refractivity contribution in [2.45, 2.75) is 36.4 Å². The summed E-state index contributed by atoms with van der Waals surface area (Å²) in [5.41, 5.74) is 1.54. The number of rotatable bonds is 7. The summed E-state index contributed by atoms with van der Waals surface area (Å²) in [6.45, 7) is 4.55. The Morgan fingerprint density at radius 1 is 1.10 bits per heavy atom. The number of ether oxygens (including phenoxy) is 2. The number of hydrogen-bond acceptors (Lipinski definition) is 8. The molecular weight excluding hydrogens is 421 g/mol. The molecule has 2 fully saturated rings. The van der Waals surface area contributed by atoms with E-state index in [0.29, 0.717) is 24.9 Å². The van der Waals surface area contributed by atoms with Crippen LogP contribution in [-0.2, 0) is 21.8 Å². The van der Waals surface area contributed by atoms with Crippen LogP contribution < -0.4 is 4.90 Å². The van der Waals surface area contributed by atoms with Gasteiger partial charge in [-0.25, -0.2) is 9.37 Å². The highest BCUT2D eigenvalue weighted by Crippen LogP contribution is 2.28. The summed E-state index contributed by atoms with van der Waals surface area (Å²) >= 11 is 1.57.